The second-order valence-electron chi connectivity index (χ2n) is 6.49. The zero-order valence-electron chi connectivity index (χ0n) is 15.2. The minimum Gasteiger partial charge on any atom is -0.469 e. The van der Waals surface area contributed by atoms with Gasteiger partial charge < -0.3 is 26.0 Å². The summed E-state index contributed by atoms with van der Waals surface area (Å²) in [6.07, 6.45) is 0.541. The van der Waals surface area contributed by atoms with Crippen LogP contribution in [-0.4, -0.2) is 62.0 Å². The first kappa shape index (κ1) is 20.2. The van der Waals surface area contributed by atoms with Gasteiger partial charge in [0, 0.05) is 19.6 Å². The van der Waals surface area contributed by atoms with E-state index < -0.39 is 17.4 Å². The van der Waals surface area contributed by atoms with Crippen molar-refractivity contribution in [3.63, 3.8) is 0 Å². The van der Waals surface area contributed by atoms with E-state index in [-0.39, 0.29) is 44.4 Å². The van der Waals surface area contributed by atoms with Crippen LogP contribution in [0.1, 0.15) is 12.0 Å². The number of carbonyl (C=O) groups excluding carboxylic acids is 4. The fraction of sp³-hybridized carbons (Fsp3) is 0.444. The molecule has 1 aromatic carbocycles. The highest BCUT2D eigenvalue weighted by Crippen LogP contribution is 2.34. The van der Waals surface area contributed by atoms with Crippen LogP contribution in [0, 0.1) is 5.41 Å². The van der Waals surface area contributed by atoms with Gasteiger partial charge in [0.25, 0.3) is 0 Å². The topological polar surface area (TPSA) is 131 Å². The molecule has 0 unspecified atom stereocenters. The maximum atomic E-state index is 12.8. The van der Waals surface area contributed by atoms with Crippen molar-refractivity contribution in [1.29, 1.82) is 0 Å². The molecule has 146 valence electrons. The van der Waals surface area contributed by atoms with E-state index in [0.717, 1.165) is 5.56 Å². The summed E-state index contributed by atoms with van der Waals surface area (Å²) in [5.74, 6) is -0.933. The van der Waals surface area contributed by atoms with Gasteiger partial charge in [-0.1, -0.05) is 30.3 Å². The van der Waals surface area contributed by atoms with E-state index in [9.17, 15) is 19.2 Å². The summed E-state index contributed by atoms with van der Waals surface area (Å²) in [6.45, 7) is 0.413. The van der Waals surface area contributed by atoms with E-state index in [1.165, 1.54) is 12.0 Å². The maximum absolute atomic E-state index is 12.8. The average Bonchev–Trinajstić information content (AvgIpc) is 2.62. The highest BCUT2D eigenvalue weighted by molar-refractivity contribution is 5.90. The number of likely N-dealkylation sites (tertiary alicyclic amines) is 1. The lowest BCUT2D eigenvalue weighted by molar-refractivity contribution is -0.153. The van der Waals surface area contributed by atoms with E-state index in [1.807, 2.05) is 30.3 Å². The van der Waals surface area contributed by atoms with Crippen molar-refractivity contribution in [1.82, 2.24) is 15.5 Å². The third kappa shape index (κ3) is 5.44. The number of urea groups is 1. The fourth-order valence-electron chi connectivity index (χ4n) is 3.03. The second kappa shape index (κ2) is 9.02. The SMILES string of the molecule is COC(=O)CCNC(=O)C1(Cc2ccccc2)CN(C(=O)CNC(N)=O)C1. The van der Waals surface area contributed by atoms with Crippen molar-refractivity contribution in [3.8, 4) is 0 Å². The molecule has 2 rings (SSSR count). The zero-order valence-corrected chi connectivity index (χ0v) is 15.2. The molecule has 27 heavy (non-hydrogen) atoms. The molecule has 4 N–H and O–H groups in total. The monoisotopic (exact) mass is 376 g/mol. The third-order valence-corrected chi connectivity index (χ3v) is 4.46. The summed E-state index contributed by atoms with van der Waals surface area (Å²) >= 11 is 0. The van der Waals surface area contributed by atoms with Gasteiger partial charge in [-0.25, -0.2) is 4.79 Å². The van der Waals surface area contributed by atoms with Crippen LogP contribution in [0.5, 0.6) is 0 Å². The van der Waals surface area contributed by atoms with Gasteiger partial charge in [0.2, 0.25) is 11.8 Å². The van der Waals surface area contributed by atoms with Crippen molar-refractivity contribution >= 4 is 23.8 Å². The fourth-order valence-corrected chi connectivity index (χ4v) is 3.03. The minimum absolute atomic E-state index is 0.0782. The molecule has 0 radical (unpaired) electrons. The van der Waals surface area contributed by atoms with Gasteiger partial charge in [-0.3, -0.25) is 14.4 Å². The summed E-state index contributed by atoms with van der Waals surface area (Å²) in [4.78, 5) is 48.3. The smallest absolute Gasteiger partial charge is 0.312 e. The van der Waals surface area contributed by atoms with Crippen LogP contribution < -0.4 is 16.4 Å². The molecule has 0 spiro atoms. The van der Waals surface area contributed by atoms with Crippen molar-refractivity contribution in [2.75, 3.05) is 33.3 Å². The predicted octanol–water partition coefficient (Wildman–Crippen LogP) is -0.595. The van der Waals surface area contributed by atoms with Gasteiger partial charge in [0.05, 0.1) is 25.5 Å². The molecule has 1 aromatic rings. The Morgan fingerprint density at radius 2 is 1.81 bits per heavy atom. The first-order valence-corrected chi connectivity index (χ1v) is 8.56. The molecule has 0 saturated carbocycles. The summed E-state index contributed by atoms with van der Waals surface area (Å²) in [7, 11) is 1.29. The third-order valence-electron chi connectivity index (χ3n) is 4.46. The van der Waals surface area contributed by atoms with Crippen LogP contribution >= 0.6 is 0 Å². The maximum Gasteiger partial charge on any atom is 0.312 e. The summed E-state index contributed by atoms with van der Waals surface area (Å²) in [6, 6.07) is 8.72. The van der Waals surface area contributed by atoms with Crippen molar-refractivity contribution in [2.24, 2.45) is 11.1 Å². The second-order valence-corrected chi connectivity index (χ2v) is 6.49. The standard InChI is InChI=1S/C18H24N4O5/c1-27-15(24)7-8-20-16(25)18(9-13-5-3-2-4-6-13)11-22(12-18)14(23)10-21-17(19)26/h2-6H,7-12H2,1H3,(H,20,25)(H3,19,21,26). The van der Waals surface area contributed by atoms with Gasteiger partial charge >= 0.3 is 12.0 Å². The quantitative estimate of drug-likeness (QED) is 0.522. The number of amides is 4. The Morgan fingerprint density at radius 1 is 1.15 bits per heavy atom. The van der Waals surface area contributed by atoms with Crippen LogP contribution in [0.2, 0.25) is 0 Å². The predicted molar refractivity (Wildman–Crippen MR) is 96.4 cm³/mol. The molecule has 0 atom stereocenters. The Balaban J connectivity index is 2.00. The molecule has 0 bridgehead atoms. The number of esters is 1. The molecule has 0 aliphatic carbocycles. The number of hydrogen-bond donors (Lipinski definition) is 3. The van der Waals surface area contributed by atoms with Crippen molar-refractivity contribution in [2.45, 2.75) is 12.8 Å². The van der Waals surface area contributed by atoms with E-state index >= 15 is 0 Å². The van der Waals surface area contributed by atoms with Crippen molar-refractivity contribution in [3.05, 3.63) is 35.9 Å². The largest absolute Gasteiger partial charge is 0.469 e. The molecule has 1 aliphatic heterocycles. The van der Waals surface area contributed by atoms with E-state index in [2.05, 4.69) is 15.4 Å². The zero-order chi connectivity index (χ0) is 19.9. The van der Waals surface area contributed by atoms with Crippen LogP contribution in [-0.2, 0) is 25.5 Å². The van der Waals surface area contributed by atoms with Crippen molar-refractivity contribution < 1.29 is 23.9 Å². The molecule has 1 fully saturated rings. The number of benzene rings is 1. The number of carbonyl (C=O) groups is 4. The first-order valence-electron chi connectivity index (χ1n) is 8.56. The van der Waals surface area contributed by atoms with Crippen LogP contribution in [0.25, 0.3) is 0 Å². The molecule has 1 aliphatic rings. The lowest BCUT2D eigenvalue weighted by Crippen LogP contribution is -2.66. The molecular weight excluding hydrogens is 352 g/mol. The Kier molecular flexibility index (Phi) is 6.75. The Labute approximate surface area is 157 Å². The molecule has 1 heterocycles. The molecule has 1 saturated heterocycles. The Bertz CT molecular complexity index is 701. The average molecular weight is 376 g/mol. The molecule has 9 heteroatoms. The van der Waals surface area contributed by atoms with Crippen LogP contribution in [0.4, 0.5) is 4.79 Å². The highest BCUT2D eigenvalue weighted by atomic mass is 16.5. The van der Waals surface area contributed by atoms with E-state index in [1.54, 1.807) is 0 Å². The number of methoxy groups -OCH3 is 1. The molecule has 4 amide bonds. The number of nitrogens with two attached hydrogens (primary N) is 1. The summed E-state index contributed by atoms with van der Waals surface area (Å²) in [5.41, 5.74) is 5.17. The highest BCUT2D eigenvalue weighted by Gasteiger charge is 2.50. The van der Waals surface area contributed by atoms with Gasteiger partial charge in [-0.2, -0.15) is 0 Å². The number of primary amides is 1. The lowest BCUT2D eigenvalue weighted by atomic mass is 9.73. The van der Waals surface area contributed by atoms with Gasteiger partial charge in [0.1, 0.15) is 0 Å². The van der Waals surface area contributed by atoms with Gasteiger partial charge in [-0.15, -0.1) is 0 Å². The number of ether oxygens (including phenoxy) is 1. The van der Waals surface area contributed by atoms with E-state index in [0.29, 0.717) is 6.42 Å². The number of rotatable bonds is 8. The van der Waals surface area contributed by atoms with Crippen LogP contribution in [0.15, 0.2) is 30.3 Å². The summed E-state index contributed by atoms with van der Waals surface area (Å²) < 4.78 is 4.56. The number of nitrogens with one attached hydrogen (secondary N) is 2. The van der Waals surface area contributed by atoms with Gasteiger partial charge in [-0.05, 0) is 12.0 Å². The van der Waals surface area contributed by atoms with E-state index in [4.69, 9.17) is 5.73 Å². The lowest BCUT2D eigenvalue weighted by Gasteiger charge is -2.49. The normalized spacial score (nSPS) is 14.6. The molecule has 0 aromatic heterocycles. The molecule has 9 nitrogen and oxygen atoms in total. The van der Waals surface area contributed by atoms with Crippen LogP contribution in [0.3, 0.4) is 0 Å². The van der Waals surface area contributed by atoms with Gasteiger partial charge in [0.15, 0.2) is 0 Å². The molecular formula is C18H24N4O5. The summed E-state index contributed by atoms with van der Waals surface area (Å²) in [5, 5.41) is 5.00. The first-order chi connectivity index (χ1) is 12.9. The minimum atomic E-state index is -0.778. The number of hydrogen-bond acceptors (Lipinski definition) is 5. The Hall–Kier alpha value is -3.10. The Morgan fingerprint density at radius 3 is 2.41 bits per heavy atom. The number of nitrogens with zero attached hydrogens (tertiary/aromatic N) is 1.